The van der Waals surface area contributed by atoms with Gasteiger partial charge in [-0.3, -0.25) is 4.55 Å². The summed E-state index contributed by atoms with van der Waals surface area (Å²) in [5.74, 6) is -6.73. The number of ether oxygens (including phenoxy) is 2. The van der Waals surface area contributed by atoms with Crippen molar-refractivity contribution < 1.29 is 51.8 Å². The summed E-state index contributed by atoms with van der Waals surface area (Å²) in [6.45, 7) is -0.901. The van der Waals surface area contributed by atoms with Crippen LogP contribution in [0.3, 0.4) is 0 Å². The molecular formula is C6H10O11S. The zero-order valence-corrected chi connectivity index (χ0v) is 9.40. The Labute approximate surface area is 100 Å². The molecule has 0 aliphatic carbocycles. The van der Waals surface area contributed by atoms with Crippen LogP contribution in [0.1, 0.15) is 6.42 Å². The van der Waals surface area contributed by atoms with E-state index in [2.05, 4.69) is 13.7 Å². The van der Waals surface area contributed by atoms with Crippen LogP contribution in [0.25, 0.3) is 0 Å². The van der Waals surface area contributed by atoms with Crippen LogP contribution < -0.4 is 0 Å². The number of aliphatic hydroxyl groups excluding tert-OH is 2. The van der Waals surface area contributed by atoms with Crippen molar-refractivity contribution in [1.82, 2.24) is 0 Å². The minimum Gasteiger partial charge on any atom is -0.394 e. The highest BCUT2D eigenvalue weighted by Crippen LogP contribution is 2.38. The van der Waals surface area contributed by atoms with Crippen molar-refractivity contribution in [1.29, 1.82) is 0 Å². The largest absolute Gasteiger partial charge is 0.515 e. The molecule has 3 unspecified atom stereocenters. The molecule has 1 saturated heterocycles. The Balaban J connectivity index is 3.03. The molecule has 0 radical (unpaired) electrons. The van der Waals surface area contributed by atoms with Gasteiger partial charge in [-0.05, 0) is 0 Å². The van der Waals surface area contributed by atoms with E-state index in [0.29, 0.717) is 0 Å². The van der Waals surface area contributed by atoms with E-state index in [-0.39, 0.29) is 0 Å². The van der Waals surface area contributed by atoms with Crippen molar-refractivity contribution in [3.63, 3.8) is 0 Å². The van der Waals surface area contributed by atoms with Gasteiger partial charge in [-0.25, -0.2) is 4.79 Å². The third-order valence-electron chi connectivity index (χ3n) is 1.91. The fraction of sp³-hybridized carbons (Fsp3) is 0.833. The average Bonchev–Trinajstić information content (AvgIpc) is 2.32. The van der Waals surface area contributed by atoms with Crippen LogP contribution in [0, 0.1) is 0 Å². The molecule has 5 N–H and O–H groups in total. The van der Waals surface area contributed by atoms with Gasteiger partial charge >= 0.3 is 28.3 Å². The summed E-state index contributed by atoms with van der Waals surface area (Å²) in [5, 5.41) is 36.8. The topological polar surface area (TPSA) is 180 Å². The minimum atomic E-state index is -5.31. The molecule has 3 atom stereocenters. The average molecular weight is 290 g/mol. The molecule has 11 nitrogen and oxygen atoms in total. The first-order valence-electron chi connectivity index (χ1n) is 4.35. The molecule has 18 heavy (non-hydrogen) atoms. The Morgan fingerprint density at radius 1 is 1.33 bits per heavy atom. The summed E-state index contributed by atoms with van der Waals surface area (Å²) in [6.07, 6.45) is -4.45. The molecule has 0 amide bonds. The molecule has 0 saturated carbocycles. The highest BCUT2D eigenvalue weighted by Gasteiger charge is 2.67. The second-order valence-corrected chi connectivity index (χ2v) is 4.39. The van der Waals surface area contributed by atoms with Crippen molar-refractivity contribution in [2.45, 2.75) is 24.3 Å². The normalized spacial score (nSPS) is 33.9. The van der Waals surface area contributed by atoms with Crippen molar-refractivity contribution in [2.24, 2.45) is 0 Å². The molecule has 1 rings (SSSR count). The molecule has 0 aromatic carbocycles. The summed E-state index contributed by atoms with van der Waals surface area (Å²) < 4.78 is 40.8. The number of carbonyl (C=O) groups is 1. The first kappa shape index (κ1) is 15.0. The quantitative estimate of drug-likeness (QED) is 0.198. The zero-order chi connectivity index (χ0) is 14.2. The number of cyclic esters (lactones) is 2. The third-order valence-corrected chi connectivity index (χ3v) is 2.35. The summed E-state index contributed by atoms with van der Waals surface area (Å²) in [7, 11) is -5.31. The number of aliphatic hydroxyl groups is 4. The predicted molar refractivity (Wildman–Crippen MR) is 47.8 cm³/mol. The van der Waals surface area contributed by atoms with E-state index >= 15 is 0 Å². The number of carbonyl (C=O) groups excluding carboxylic acids is 1. The minimum absolute atomic E-state index is 0.901. The number of hydrogen-bond acceptors (Lipinski definition) is 10. The Morgan fingerprint density at radius 2 is 1.89 bits per heavy atom. The summed E-state index contributed by atoms with van der Waals surface area (Å²) in [5.41, 5.74) is 0. The Kier molecular flexibility index (Phi) is 3.83. The van der Waals surface area contributed by atoms with Crippen molar-refractivity contribution >= 4 is 16.6 Å². The summed E-state index contributed by atoms with van der Waals surface area (Å²) in [6, 6.07) is 0. The lowest BCUT2D eigenvalue weighted by atomic mass is 10.1. The summed E-state index contributed by atoms with van der Waals surface area (Å²) in [4.78, 5) is 10.8. The van der Waals surface area contributed by atoms with Crippen molar-refractivity contribution in [3.05, 3.63) is 0 Å². The molecular weight excluding hydrogens is 280 g/mol. The lowest BCUT2D eigenvalue weighted by molar-refractivity contribution is -0.385. The third kappa shape index (κ3) is 3.05. The van der Waals surface area contributed by atoms with E-state index in [1.807, 2.05) is 0 Å². The maximum atomic E-state index is 10.8. The SMILES string of the molecule is O=C1OC(O)(CC(O)CO)C(O)(OS(=O)(=O)O)O1. The monoisotopic (exact) mass is 290 g/mol. The van der Waals surface area contributed by atoms with Gasteiger partial charge in [0.25, 0.3) is 0 Å². The van der Waals surface area contributed by atoms with Gasteiger partial charge in [-0.15, -0.1) is 0 Å². The maximum absolute atomic E-state index is 10.8. The van der Waals surface area contributed by atoms with Gasteiger partial charge in [0.15, 0.2) is 0 Å². The number of hydrogen-bond donors (Lipinski definition) is 5. The molecule has 0 spiro atoms. The smallest absolute Gasteiger partial charge is 0.394 e. The van der Waals surface area contributed by atoms with Crippen LogP contribution in [0.5, 0.6) is 0 Å². The van der Waals surface area contributed by atoms with Crippen molar-refractivity contribution in [2.75, 3.05) is 6.61 Å². The van der Waals surface area contributed by atoms with E-state index in [1.54, 1.807) is 0 Å². The lowest BCUT2D eigenvalue weighted by Gasteiger charge is -2.30. The standard InChI is InChI=1S/C6H10O11S/c7-2-3(8)1-5(10)6(11,16-4(9)15-5)17-18(12,13)14/h3,7-8,10-11H,1-2H2,(H,12,13,14). The molecule has 1 fully saturated rings. The first-order chi connectivity index (χ1) is 8.01. The Bertz CT molecular complexity index is 431. The fourth-order valence-electron chi connectivity index (χ4n) is 1.20. The molecule has 106 valence electrons. The van der Waals surface area contributed by atoms with Crippen LogP contribution in [-0.2, 0) is 24.1 Å². The Morgan fingerprint density at radius 3 is 2.33 bits per heavy atom. The molecule has 12 heteroatoms. The molecule has 1 heterocycles. The van der Waals surface area contributed by atoms with Gasteiger partial charge in [0.2, 0.25) is 0 Å². The van der Waals surface area contributed by atoms with Gasteiger partial charge in [0, 0.05) is 0 Å². The molecule has 1 aliphatic heterocycles. The van der Waals surface area contributed by atoms with Crippen LogP contribution in [0.15, 0.2) is 0 Å². The van der Waals surface area contributed by atoms with E-state index in [4.69, 9.17) is 14.8 Å². The first-order valence-corrected chi connectivity index (χ1v) is 5.71. The highest BCUT2D eigenvalue weighted by atomic mass is 32.3. The highest BCUT2D eigenvalue weighted by molar-refractivity contribution is 7.80. The van der Waals surface area contributed by atoms with E-state index in [1.165, 1.54) is 0 Å². The predicted octanol–water partition coefficient (Wildman–Crippen LogP) is -2.95. The van der Waals surface area contributed by atoms with E-state index < -0.39 is 47.4 Å². The van der Waals surface area contributed by atoms with Gasteiger partial charge in [-0.1, -0.05) is 0 Å². The second-order valence-electron chi connectivity index (χ2n) is 3.37. The van der Waals surface area contributed by atoms with Gasteiger partial charge in [-0.2, -0.15) is 12.6 Å². The van der Waals surface area contributed by atoms with Crippen LogP contribution in [-0.4, -0.2) is 64.0 Å². The summed E-state index contributed by atoms with van der Waals surface area (Å²) >= 11 is 0. The van der Waals surface area contributed by atoms with Gasteiger partial charge < -0.3 is 29.9 Å². The van der Waals surface area contributed by atoms with Crippen molar-refractivity contribution in [3.8, 4) is 0 Å². The molecule has 0 aromatic rings. The Hall–Kier alpha value is -1.02. The van der Waals surface area contributed by atoms with Crippen LogP contribution in [0.4, 0.5) is 4.79 Å². The van der Waals surface area contributed by atoms with E-state index in [0.717, 1.165) is 0 Å². The lowest BCUT2D eigenvalue weighted by Crippen LogP contribution is -2.56. The van der Waals surface area contributed by atoms with Crippen LogP contribution >= 0.6 is 0 Å². The molecule has 1 aliphatic rings. The number of rotatable bonds is 5. The molecule has 0 aromatic heterocycles. The fourth-order valence-corrected chi connectivity index (χ4v) is 1.65. The van der Waals surface area contributed by atoms with Gasteiger partial charge in [0.05, 0.1) is 19.1 Å². The maximum Gasteiger partial charge on any atom is 0.515 e. The molecule has 0 bridgehead atoms. The van der Waals surface area contributed by atoms with Crippen LogP contribution in [0.2, 0.25) is 0 Å². The zero-order valence-electron chi connectivity index (χ0n) is 8.59. The van der Waals surface area contributed by atoms with E-state index in [9.17, 15) is 23.4 Å². The second kappa shape index (κ2) is 4.58. The van der Waals surface area contributed by atoms with Gasteiger partial charge in [0.1, 0.15) is 0 Å².